The van der Waals surface area contributed by atoms with Gasteiger partial charge in [-0.15, -0.1) is 0 Å². The Balaban J connectivity index is 1.89. The Morgan fingerprint density at radius 3 is 2.43 bits per heavy atom. The van der Waals surface area contributed by atoms with Crippen LogP contribution in [0.1, 0.15) is 27.5 Å². The van der Waals surface area contributed by atoms with Crippen molar-refractivity contribution in [2.24, 2.45) is 0 Å². The van der Waals surface area contributed by atoms with Crippen molar-refractivity contribution in [2.45, 2.75) is 6.04 Å². The third-order valence-corrected chi connectivity index (χ3v) is 5.64. The van der Waals surface area contributed by atoms with Crippen LogP contribution in [-0.4, -0.2) is 23.3 Å². The smallest absolute Gasteiger partial charge is 0.255 e. The van der Waals surface area contributed by atoms with E-state index in [4.69, 9.17) is 0 Å². The first-order valence-electron chi connectivity index (χ1n) is 8.74. The number of hydrogen-bond donors (Lipinski definition) is 1. The highest BCUT2D eigenvalue weighted by Crippen LogP contribution is 2.38. The molecule has 0 radical (unpaired) electrons. The SMILES string of the molecule is O=C1CN(C(=O)c2cccc(Br)c2)[C@H](c2ccccc2)c2cc(Br)ccc2N1. The number of carbonyl (C=O) groups is 2. The van der Waals surface area contributed by atoms with Crippen LogP contribution in [0.3, 0.4) is 0 Å². The minimum Gasteiger partial charge on any atom is -0.324 e. The molecule has 28 heavy (non-hydrogen) atoms. The maximum atomic E-state index is 13.4. The molecule has 1 aliphatic rings. The van der Waals surface area contributed by atoms with Crippen LogP contribution < -0.4 is 5.32 Å². The van der Waals surface area contributed by atoms with Crippen molar-refractivity contribution in [3.05, 3.63) is 98.4 Å². The summed E-state index contributed by atoms with van der Waals surface area (Å²) in [5, 5.41) is 2.93. The summed E-state index contributed by atoms with van der Waals surface area (Å²) in [6.45, 7) is -0.0305. The van der Waals surface area contributed by atoms with E-state index in [0.717, 1.165) is 20.1 Å². The lowest BCUT2D eigenvalue weighted by atomic mass is 9.95. The van der Waals surface area contributed by atoms with E-state index in [9.17, 15) is 9.59 Å². The van der Waals surface area contributed by atoms with E-state index < -0.39 is 0 Å². The minimum atomic E-state index is -0.390. The molecule has 4 rings (SSSR count). The highest BCUT2D eigenvalue weighted by atomic mass is 79.9. The highest BCUT2D eigenvalue weighted by molar-refractivity contribution is 9.10. The molecular formula is C22H16Br2N2O2. The molecule has 1 aliphatic heterocycles. The van der Waals surface area contributed by atoms with Crippen LogP contribution in [-0.2, 0) is 4.79 Å². The Kier molecular flexibility index (Phi) is 5.33. The molecule has 0 aliphatic carbocycles. The summed E-state index contributed by atoms with van der Waals surface area (Å²) in [4.78, 5) is 27.7. The van der Waals surface area contributed by atoms with Crippen LogP contribution >= 0.6 is 31.9 Å². The van der Waals surface area contributed by atoms with Crippen molar-refractivity contribution in [1.29, 1.82) is 0 Å². The van der Waals surface area contributed by atoms with Crippen LogP contribution in [0.5, 0.6) is 0 Å². The van der Waals surface area contributed by atoms with Crippen molar-refractivity contribution < 1.29 is 9.59 Å². The molecule has 6 heteroatoms. The van der Waals surface area contributed by atoms with Gasteiger partial charge < -0.3 is 10.2 Å². The van der Waals surface area contributed by atoms with E-state index in [0.29, 0.717) is 11.3 Å². The van der Waals surface area contributed by atoms with Gasteiger partial charge in [-0.1, -0.05) is 68.3 Å². The van der Waals surface area contributed by atoms with Crippen molar-refractivity contribution in [3.63, 3.8) is 0 Å². The second-order valence-electron chi connectivity index (χ2n) is 6.54. The summed E-state index contributed by atoms with van der Waals surface area (Å²) < 4.78 is 1.70. The average Bonchev–Trinajstić information content (AvgIpc) is 2.83. The summed E-state index contributed by atoms with van der Waals surface area (Å²) in [6, 6.07) is 22.3. The molecule has 0 bridgehead atoms. The second-order valence-corrected chi connectivity index (χ2v) is 8.37. The fourth-order valence-corrected chi connectivity index (χ4v) is 4.23. The summed E-state index contributed by atoms with van der Waals surface area (Å²) in [5.74, 6) is -0.413. The Labute approximate surface area is 179 Å². The molecule has 1 atom stereocenters. The van der Waals surface area contributed by atoms with Crippen molar-refractivity contribution >= 4 is 49.4 Å². The van der Waals surface area contributed by atoms with Crippen LogP contribution in [0.25, 0.3) is 0 Å². The van der Waals surface area contributed by atoms with Gasteiger partial charge in [0.1, 0.15) is 6.54 Å². The van der Waals surface area contributed by atoms with Gasteiger partial charge in [-0.3, -0.25) is 9.59 Å². The quantitative estimate of drug-likeness (QED) is 0.513. The van der Waals surface area contributed by atoms with Crippen molar-refractivity contribution in [3.8, 4) is 0 Å². The van der Waals surface area contributed by atoms with E-state index >= 15 is 0 Å². The summed E-state index contributed by atoms with van der Waals surface area (Å²) >= 11 is 6.94. The molecule has 1 N–H and O–H groups in total. The molecule has 140 valence electrons. The van der Waals surface area contributed by atoms with Gasteiger partial charge in [0.15, 0.2) is 0 Å². The Hall–Kier alpha value is -2.44. The van der Waals surface area contributed by atoms with Crippen molar-refractivity contribution in [2.75, 3.05) is 11.9 Å². The lowest BCUT2D eigenvalue weighted by molar-refractivity contribution is -0.117. The van der Waals surface area contributed by atoms with E-state index in [1.165, 1.54) is 0 Å². The number of fused-ring (bicyclic) bond motifs is 1. The number of hydrogen-bond acceptors (Lipinski definition) is 2. The third-order valence-electron chi connectivity index (χ3n) is 4.66. The Bertz CT molecular complexity index is 1050. The zero-order chi connectivity index (χ0) is 19.7. The van der Waals surface area contributed by atoms with Crippen LogP contribution in [0, 0.1) is 0 Å². The average molecular weight is 500 g/mol. The van der Waals surface area contributed by atoms with E-state index in [1.54, 1.807) is 17.0 Å². The largest absolute Gasteiger partial charge is 0.324 e. The molecular weight excluding hydrogens is 484 g/mol. The van der Waals surface area contributed by atoms with E-state index in [1.807, 2.05) is 60.7 Å². The molecule has 0 fully saturated rings. The first kappa shape index (κ1) is 18.9. The second kappa shape index (κ2) is 7.89. The van der Waals surface area contributed by atoms with Crippen LogP contribution in [0.2, 0.25) is 0 Å². The number of nitrogens with one attached hydrogen (secondary N) is 1. The molecule has 0 aromatic heterocycles. The topological polar surface area (TPSA) is 49.4 Å². The number of rotatable bonds is 2. The third kappa shape index (κ3) is 3.75. The van der Waals surface area contributed by atoms with Gasteiger partial charge in [0, 0.05) is 25.8 Å². The predicted molar refractivity (Wildman–Crippen MR) is 116 cm³/mol. The first-order chi connectivity index (χ1) is 13.5. The number of carbonyl (C=O) groups excluding carboxylic acids is 2. The molecule has 2 amide bonds. The molecule has 1 heterocycles. The molecule has 3 aromatic carbocycles. The summed E-state index contributed by atoms with van der Waals surface area (Å²) in [7, 11) is 0. The molecule has 0 saturated carbocycles. The highest BCUT2D eigenvalue weighted by Gasteiger charge is 2.34. The van der Waals surface area contributed by atoms with E-state index in [-0.39, 0.29) is 24.4 Å². The monoisotopic (exact) mass is 498 g/mol. The molecule has 4 nitrogen and oxygen atoms in total. The molecule has 0 saturated heterocycles. The van der Waals surface area contributed by atoms with Gasteiger partial charge >= 0.3 is 0 Å². The lowest BCUT2D eigenvalue weighted by Gasteiger charge is -2.30. The number of amides is 2. The Morgan fingerprint density at radius 1 is 0.929 bits per heavy atom. The van der Waals surface area contributed by atoms with Gasteiger partial charge in [0.05, 0.1) is 6.04 Å². The summed E-state index contributed by atoms with van der Waals surface area (Å²) in [5.41, 5.74) is 3.06. The summed E-state index contributed by atoms with van der Waals surface area (Å²) in [6.07, 6.45) is 0. The lowest BCUT2D eigenvalue weighted by Crippen LogP contribution is -2.39. The number of benzene rings is 3. The van der Waals surface area contributed by atoms with Gasteiger partial charge in [0.25, 0.3) is 5.91 Å². The first-order valence-corrected chi connectivity index (χ1v) is 10.3. The number of nitrogens with zero attached hydrogens (tertiary/aromatic N) is 1. The predicted octanol–water partition coefficient (Wildman–Crippen LogP) is 5.40. The zero-order valence-corrected chi connectivity index (χ0v) is 17.9. The Morgan fingerprint density at radius 2 is 1.68 bits per heavy atom. The fraction of sp³-hybridized carbons (Fsp3) is 0.0909. The van der Waals surface area contributed by atoms with Gasteiger partial charge in [0.2, 0.25) is 5.91 Å². The van der Waals surface area contributed by atoms with Gasteiger partial charge in [-0.2, -0.15) is 0 Å². The van der Waals surface area contributed by atoms with Crippen LogP contribution in [0.15, 0.2) is 81.7 Å². The van der Waals surface area contributed by atoms with Crippen LogP contribution in [0.4, 0.5) is 5.69 Å². The van der Waals surface area contributed by atoms with Gasteiger partial charge in [-0.05, 0) is 42.0 Å². The maximum Gasteiger partial charge on any atom is 0.255 e. The fourth-order valence-electron chi connectivity index (χ4n) is 3.45. The molecule has 0 spiro atoms. The minimum absolute atomic E-state index is 0.0305. The molecule has 0 unspecified atom stereocenters. The molecule has 3 aromatic rings. The number of halogens is 2. The number of anilines is 1. The standard InChI is InChI=1S/C22H16Br2N2O2/c23-16-8-4-7-15(11-16)22(28)26-13-20(27)25-19-10-9-17(24)12-18(19)21(26)14-5-2-1-3-6-14/h1-12,21H,13H2,(H,25,27)/t21-/m1/s1. The zero-order valence-electron chi connectivity index (χ0n) is 14.7. The maximum absolute atomic E-state index is 13.4. The normalized spacial score (nSPS) is 16.1. The van der Waals surface area contributed by atoms with Crippen molar-refractivity contribution in [1.82, 2.24) is 4.90 Å². The van der Waals surface area contributed by atoms with E-state index in [2.05, 4.69) is 37.2 Å². The van der Waals surface area contributed by atoms with Gasteiger partial charge in [-0.25, -0.2) is 0 Å².